The van der Waals surface area contributed by atoms with Gasteiger partial charge in [0.1, 0.15) is 6.54 Å². The van der Waals surface area contributed by atoms with Gasteiger partial charge in [0.05, 0.1) is 31.2 Å². The maximum Gasteiger partial charge on any atom is 0.263 e. The minimum Gasteiger partial charge on any atom is -0.300 e. The molecule has 0 unspecified atom stereocenters. The van der Waals surface area contributed by atoms with Crippen LogP contribution < -0.4 is 5.32 Å². The molecule has 2 aromatic rings. The van der Waals surface area contributed by atoms with Crippen molar-refractivity contribution in [2.45, 2.75) is 0 Å². The lowest BCUT2D eigenvalue weighted by Crippen LogP contribution is -2.37. The van der Waals surface area contributed by atoms with Crippen LogP contribution in [0.5, 0.6) is 0 Å². The van der Waals surface area contributed by atoms with E-state index in [1.807, 2.05) is 0 Å². The molecule has 0 radical (unpaired) electrons. The Labute approximate surface area is 159 Å². The zero-order valence-corrected chi connectivity index (χ0v) is 15.2. The van der Waals surface area contributed by atoms with E-state index in [1.54, 1.807) is 5.38 Å². The molecule has 24 heavy (non-hydrogen) atoms. The molecule has 0 aliphatic carbocycles. The number of carbonyl (C=O) groups is 3. The Balaban J connectivity index is 1.92. The fourth-order valence-electron chi connectivity index (χ4n) is 2.13. The van der Waals surface area contributed by atoms with Gasteiger partial charge in [-0.1, -0.05) is 46.4 Å². The highest BCUT2D eigenvalue weighted by atomic mass is 35.5. The van der Waals surface area contributed by atoms with Crippen LogP contribution in [0.2, 0.25) is 20.1 Å². The summed E-state index contributed by atoms with van der Waals surface area (Å²) >= 11 is 25.0. The Hall–Kier alpha value is -1.38. The molecule has 6 nitrogen and oxygen atoms in total. The minimum atomic E-state index is -0.769. The first kappa shape index (κ1) is 17.4. The van der Waals surface area contributed by atoms with Gasteiger partial charge in [0, 0.05) is 11.6 Å². The van der Waals surface area contributed by atoms with Crippen molar-refractivity contribution in [1.82, 2.24) is 9.88 Å². The number of halogens is 4. The summed E-state index contributed by atoms with van der Waals surface area (Å²) in [7, 11) is 0. The lowest BCUT2D eigenvalue weighted by atomic mass is 10.1. The predicted octanol–water partition coefficient (Wildman–Crippen LogP) is 3.99. The van der Waals surface area contributed by atoms with Crippen LogP contribution in [0.4, 0.5) is 5.13 Å². The maximum atomic E-state index is 12.4. The van der Waals surface area contributed by atoms with Gasteiger partial charge in [0.15, 0.2) is 5.13 Å². The molecular formula is C13H5Cl4N3O3S. The van der Waals surface area contributed by atoms with E-state index in [1.165, 1.54) is 17.5 Å². The number of rotatable bonds is 3. The lowest BCUT2D eigenvalue weighted by Gasteiger charge is -2.12. The molecule has 1 aromatic carbocycles. The molecule has 1 aromatic heterocycles. The van der Waals surface area contributed by atoms with E-state index in [2.05, 4.69) is 10.3 Å². The van der Waals surface area contributed by atoms with Crippen molar-refractivity contribution in [2.75, 3.05) is 11.9 Å². The predicted molar refractivity (Wildman–Crippen MR) is 92.6 cm³/mol. The first-order chi connectivity index (χ1) is 11.3. The van der Waals surface area contributed by atoms with E-state index in [0.717, 1.165) is 4.90 Å². The summed E-state index contributed by atoms with van der Waals surface area (Å²) in [6.45, 7) is -0.520. The monoisotopic (exact) mass is 423 g/mol. The second-order valence-electron chi connectivity index (χ2n) is 4.59. The second kappa shape index (κ2) is 6.50. The van der Waals surface area contributed by atoms with Gasteiger partial charge in [0.2, 0.25) is 5.91 Å². The molecule has 1 aliphatic heterocycles. The van der Waals surface area contributed by atoms with Gasteiger partial charge in [-0.25, -0.2) is 4.98 Å². The Bertz CT molecular complexity index is 838. The van der Waals surface area contributed by atoms with Crippen LogP contribution in [0.15, 0.2) is 11.6 Å². The molecule has 124 valence electrons. The molecule has 0 bridgehead atoms. The average molecular weight is 425 g/mol. The molecule has 2 heterocycles. The van der Waals surface area contributed by atoms with E-state index >= 15 is 0 Å². The zero-order valence-electron chi connectivity index (χ0n) is 11.4. The second-order valence-corrected chi connectivity index (χ2v) is 6.99. The molecule has 3 rings (SSSR count). The number of nitrogens with zero attached hydrogens (tertiary/aromatic N) is 2. The van der Waals surface area contributed by atoms with Crippen molar-refractivity contribution >= 4 is 80.6 Å². The van der Waals surface area contributed by atoms with Crippen LogP contribution in [0.3, 0.4) is 0 Å². The quantitative estimate of drug-likeness (QED) is 0.459. The number of aromatic nitrogens is 1. The van der Waals surface area contributed by atoms with E-state index in [9.17, 15) is 14.4 Å². The summed E-state index contributed by atoms with van der Waals surface area (Å²) in [6, 6.07) is 0. The van der Waals surface area contributed by atoms with Crippen molar-refractivity contribution in [3.05, 3.63) is 42.8 Å². The average Bonchev–Trinajstić information content (AvgIpc) is 3.12. The summed E-state index contributed by atoms with van der Waals surface area (Å²) in [4.78, 5) is 41.5. The first-order valence-corrected chi connectivity index (χ1v) is 8.63. The fraction of sp³-hybridized carbons (Fsp3) is 0.0769. The van der Waals surface area contributed by atoms with Crippen LogP contribution in [0, 0.1) is 0 Å². The topological polar surface area (TPSA) is 79.4 Å². The van der Waals surface area contributed by atoms with Gasteiger partial charge in [-0.05, 0) is 0 Å². The number of fused-ring (bicyclic) bond motifs is 1. The third kappa shape index (κ3) is 2.76. The van der Waals surface area contributed by atoms with Gasteiger partial charge in [-0.15, -0.1) is 11.3 Å². The highest BCUT2D eigenvalue weighted by Gasteiger charge is 2.42. The number of anilines is 1. The highest BCUT2D eigenvalue weighted by molar-refractivity contribution is 7.13. The van der Waals surface area contributed by atoms with Crippen LogP contribution in [0.25, 0.3) is 0 Å². The van der Waals surface area contributed by atoms with E-state index in [4.69, 9.17) is 46.4 Å². The summed E-state index contributed by atoms with van der Waals surface area (Å²) < 4.78 is 0. The molecule has 1 aliphatic rings. The van der Waals surface area contributed by atoms with E-state index in [-0.39, 0.29) is 31.2 Å². The summed E-state index contributed by atoms with van der Waals surface area (Å²) in [5, 5.41) is 3.87. The van der Waals surface area contributed by atoms with Gasteiger partial charge in [-0.2, -0.15) is 0 Å². The number of thiazole rings is 1. The minimum absolute atomic E-state index is 0.127. The SMILES string of the molecule is O=C(CN1C(=O)c2c(Cl)c(Cl)c(Cl)c(Cl)c2C1=O)Nc1nccs1. The number of nitrogens with one attached hydrogen (secondary N) is 1. The van der Waals surface area contributed by atoms with Crippen molar-refractivity contribution in [3.8, 4) is 0 Å². The normalized spacial score (nSPS) is 13.4. The number of carbonyl (C=O) groups excluding carboxylic acids is 3. The molecule has 3 amide bonds. The number of hydrogen-bond acceptors (Lipinski definition) is 5. The van der Waals surface area contributed by atoms with Gasteiger partial charge in [-0.3, -0.25) is 19.3 Å². The van der Waals surface area contributed by atoms with Crippen molar-refractivity contribution < 1.29 is 14.4 Å². The lowest BCUT2D eigenvalue weighted by molar-refractivity contribution is -0.116. The smallest absolute Gasteiger partial charge is 0.263 e. The van der Waals surface area contributed by atoms with E-state index < -0.39 is 24.3 Å². The third-order valence-corrected chi connectivity index (χ3v) is 5.66. The molecule has 0 saturated carbocycles. The molecule has 0 fully saturated rings. The van der Waals surface area contributed by atoms with Crippen LogP contribution in [0.1, 0.15) is 20.7 Å². The largest absolute Gasteiger partial charge is 0.300 e. The Morgan fingerprint density at radius 2 is 1.58 bits per heavy atom. The van der Waals surface area contributed by atoms with Gasteiger partial charge in [0.25, 0.3) is 11.8 Å². The van der Waals surface area contributed by atoms with Gasteiger partial charge < -0.3 is 5.32 Å². The maximum absolute atomic E-state index is 12.4. The first-order valence-electron chi connectivity index (χ1n) is 6.24. The number of benzene rings is 1. The highest BCUT2D eigenvalue weighted by Crippen LogP contribution is 2.44. The zero-order chi connectivity index (χ0) is 17.6. The summed E-state index contributed by atoms with van der Waals surface area (Å²) in [6.07, 6.45) is 1.51. The molecule has 0 atom stereocenters. The van der Waals surface area contributed by atoms with Crippen LogP contribution >= 0.6 is 57.7 Å². The van der Waals surface area contributed by atoms with Crippen molar-refractivity contribution in [3.63, 3.8) is 0 Å². The summed E-state index contributed by atoms with van der Waals surface area (Å²) in [5.41, 5.74) is -0.328. The van der Waals surface area contributed by atoms with E-state index in [0.29, 0.717) is 5.13 Å². The third-order valence-electron chi connectivity index (χ3n) is 3.17. The Morgan fingerprint density at radius 1 is 1.04 bits per heavy atom. The fourth-order valence-corrected chi connectivity index (χ4v) is 3.69. The molecule has 1 N–H and O–H groups in total. The molecule has 0 spiro atoms. The standard InChI is InChI=1S/C13H5Cl4N3O3S/c14-7-5-6(8(15)10(17)9(7)16)12(23)20(11(5)22)3-4(21)19-13-18-1-2-24-13/h1-2H,3H2,(H,18,19,21). The van der Waals surface area contributed by atoms with Crippen molar-refractivity contribution in [1.29, 1.82) is 0 Å². The summed E-state index contributed by atoms with van der Waals surface area (Å²) in [5.74, 6) is -2.13. The number of amides is 3. The Kier molecular flexibility index (Phi) is 4.72. The Morgan fingerprint density at radius 3 is 2.04 bits per heavy atom. The van der Waals surface area contributed by atoms with Crippen molar-refractivity contribution in [2.24, 2.45) is 0 Å². The van der Waals surface area contributed by atoms with Crippen LogP contribution in [-0.4, -0.2) is 34.2 Å². The van der Waals surface area contributed by atoms with Gasteiger partial charge >= 0.3 is 0 Å². The molecular weight excluding hydrogens is 420 g/mol. The van der Waals surface area contributed by atoms with Crippen LogP contribution in [-0.2, 0) is 4.79 Å². The number of imide groups is 1. The number of hydrogen-bond donors (Lipinski definition) is 1. The molecule has 0 saturated heterocycles. The molecule has 11 heteroatoms.